The molecule has 6 heteroatoms. The van der Waals surface area contributed by atoms with Gasteiger partial charge in [0.2, 0.25) is 0 Å². The zero-order chi connectivity index (χ0) is 17.5. The fraction of sp³-hybridized carbons (Fsp3) is 0.389. The van der Waals surface area contributed by atoms with Crippen LogP contribution in [0.4, 0.5) is 0 Å². The van der Waals surface area contributed by atoms with Crippen molar-refractivity contribution < 1.29 is 14.7 Å². The first kappa shape index (κ1) is 18.1. The molecule has 0 aliphatic rings. The quantitative estimate of drug-likeness (QED) is 0.767. The number of hydrogen-bond acceptors (Lipinski definition) is 4. The Balaban J connectivity index is 2.05. The molecule has 1 amide bonds. The molecule has 0 aliphatic heterocycles. The number of thiazole rings is 1. The molecule has 1 unspecified atom stereocenters. The molecule has 0 spiro atoms. The van der Waals surface area contributed by atoms with Crippen LogP contribution in [0.25, 0.3) is 0 Å². The third-order valence-electron chi connectivity index (χ3n) is 3.62. The largest absolute Gasteiger partial charge is 0.481 e. The summed E-state index contributed by atoms with van der Waals surface area (Å²) in [5.41, 5.74) is 1.46. The van der Waals surface area contributed by atoms with E-state index in [2.05, 4.69) is 10.3 Å². The van der Waals surface area contributed by atoms with E-state index in [0.717, 1.165) is 10.6 Å². The van der Waals surface area contributed by atoms with Crippen LogP contribution in [0, 0.1) is 0 Å². The van der Waals surface area contributed by atoms with Crippen molar-refractivity contribution in [2.75, 3.05) is 0 Å². The second kappa shape index (κ2) is 8.59. The number of amides is 1. The SMILES string of the molecule is CC(C)c1nc(C(=O)NC(CCC(=O)O)Cc2ccccc2)cs1. The summed E-state index contributed by atoms with van der Waals surface area (Å²) in [4.78, 5) is 27.6. The van der Waals surface area contributed by atoms with E-state index < -0.39 is 5.97 Å². The van der Waals surface area contributed by atoms with Gasteiger partial charge in [0.05, 0.1) is 5.01 Å². The zero-order valence-corrected chi connectivity index (χ0v) is 14.7. The third-order valence-corrected chi connectivity index (χ3v) is 4.76. The molecule has 0 bridgehead atoms. The number of hydrogen-bond donors (Lipinski definition) is 2. The summed E-state index contributed by atoms with van der Waals surface area (Å²) in [5.74, 6) is -0.828. The van der Waals surface area contributed by atoms with E-state index in [1.807, 2.05) is 44.2 Å². The Labute approximate surface area is 145 Å². The number of rotatable bonds is 8. The molecule has 0 aliphatic carbocycles. The number of nitrogens with zero attached hydrogens (tertiary/aromatic N) is 1. The molecule has 0 radical (unpaired) electrons. The van der Waals surface area contributed by atoms with Crippen molar-refractivity contribution in [3.05, 3.63) is 52.0 Å². The predicted octanol–water partition coefficient (Wildman–Crippen LogP) is 3.47. The van der Waals surface area contributed by atoms with E-state index in [9.17, 15) is 9.59 Å². The average molecular weight is 346 g/mol. The van der Waals surface area contributed by atoms with Crippen LogP contribution < -0.4 is 5.32 Å². The van der Waals surface area contributed by atoms with E-state index in [1.165, 1.54) is 11.3 Å². The van der Waals surface area contributed by atoms with Crippen LogP contribution in [0.1, 0.15) is 53.7 Å². The second-order valence-electron chi connectivity index (χ2n) is 6.02. The molecule has 2 N–H and O–H groups in total. The number of aromatic nitrogens is 1. The van der Waals surface area contributed by atoms with Crippen LogP contribution in [0.15, 0.2) is 35.7 Å². The van der Waals surface area contributed by atoms with E-state index in [1.54, 1.807) is 5.38 Å². The van der Waals surface area contributed by atoms with E-state index >= 15 is 0 Å². The third kappa shape index (κ3) is 5.45. The normalized spacial score (nSPS) is 12.1. The number of carboxylic acids is 1. The van der Waals surface area contributed by atoms with Gasteiger partial charge in [0.15, 0.2) is 0 Å². The molecule has 128 valence electrons. The van der Waals surface area contributed by atoms with Crippen LogP contribution in [0.3, 0.4) is 0 Å². The maximum absolute atomic E-state index is 12.4. The highest BCUT2D eigenvalue weighted by Crippen LogP contribution is 2.19. The van der Waals surface area contributed by atoms with Crippen LogP contribution in [-0.2, 0) is 11.2 Å². The van der Waals surface area contributed by atoms with E-state index in [-0.39, 0.29) is 24.3 Å². The minimum atomic E-state index is -0.863. The highest BCUT2D eigenvalue weighted by atomic mass is 32.1. The smallest absolute Gasteiger partial charge is 0.303 e. The van der Waals surface area contributed by atoms with Gasteiger partial charge in [-0.1, -0.05) is 44.2 Å². The Morgan fingerprint density at radius 2 is 1.96 bits per heavy atom. The maximum atomic E-state index is 12.4. The lowest BCUT2D eigenvalue weighted by molar-refractivity contribution is -0.137. The van der Waals surface area contributed by atoms with Crippen LogP contribution in [0.2, 0.25) is 0 Å². The van der Waals surface area contributed by atoms with Crippen molar-refractivity contribution >= 4 is 23.2 Å². The first-order chi connectivity index (χ1) is 11.5. The Morgan fingerprint density at radius 3 is 2.54 bits per heavy atom. The zero-order valence-electron chi connectivity index (χ0n) is 13.9. The first-order valence-electron chi connectivity index (χ1n) is 7.97. The summed E-state index contributed by atoms with van der Waals surface area (Å²) < 4.78 is 0. The van der Waals surface area contributed by atoms with Gasteiger partial charge in [-0.3, -0.25) is 9.59 Å². The molecule has 1 heterocycles. The van der Waals surface area contributed by atoms with Gasteiger partial charge in [0, 0.05) is 23.8 Å². The Morgan fingerprint density at radius 1 is 1.25 bits per heavy atom. The lowest BCUT2D eigenvalue weighted by Crippen LogP contribution is -2.37. The van der Waals surface area contributed by atoms with Gasteiger partial charge in [-0.05, 0) is 18.4 Å². The molecule has 0 saturated heterocycles. The van der Waals surface area contributed by atoms with Crippen molar-refractivity contribution in [2.45, 2.75) is 45.1 Å². The summed E-state index contributed by atoms with van der Waals surface area (Å²) in [6.45, 7) is 4.07. The number of nitrogens with one attached hydrogen (secondary N) is 1. The Bertz CT molecular complexity index is 683. The lowest BCUT2D eigenvalue weighted by atomic mass is 10.0. The first-order valence-corrected chi connectivity index (χ1v) is 8.85. The molecule has 0 saturated carbocycles. The monoisotopic (exact) mass is 346 g/mol. The number of carboxylic acid groups (broad SMARTS) is 1. The number of carbonyl (C=O) groups excluding carboxylic acids is 1. The summed E-state index contributed by atoms with van der Waals surface area (Å²) in [7, 11) is 0. The summed E-state index contributed by atoms with van der Waals surface area (Å²) in [5, 5.41) is 14.5. The van der Waals surface area contributed by atoms with Crippen molar-refractivity contribution in [3.63, 3.8) is 0 Å². The molecule has 1 atom stereocenters. The minimum absolute atomic E-state index is 0.0199. The molecule has 0 fully saturated rings. The van der Waals surface area contributed by atoms with E-state index in [4.69, 9.17) is 5.11 Å². The Kier molecular flexibility index (Phi) is 6.49. The van der Waals surface area contributed by atoms with Crippen molar-refractivity contribution in [2.24, 2.45) is 0 Å². The minimum Gasteiger partial charge on any atom is -0.481 e. The fourth-order valence-corrected chi connectivity index (χ4v) is 3.15. The number of carbonyl (C=O) groups is 2. The summed E-state index contributed by atoms with van der Waals surface area (Å²) in [6.07, 6.45) is 1.00. The fourth-order valence-electron chi connectivity index (χ4n) is 2.34. The lowest BCUT2D eigenvalue weighted by Gasteiger charge is -2.17. The van der Waals surface area contributed by atoms with Gasteiger partial charge < -0.3 is 10.4 Å². The average Bonchev–Trinajstić information content (AvgIpc) is 3.04. The molecule has 5 nitrogen and oxygen atoms in total. The highest BCUT2D eigenvalue weighted by Gasteiger charge is 2.18. The van der Waals surface area contributed by atoms with Gasteiger partial charge in [0.25, 0.3) is 5.91 Å². The topological polar surface area (TPSA) is 79.3 Å². The van der Waals surface area contributed by atoms with Crippen molar-refractivity contribution in [1.29, 1.82) is 0 Å². The second-order valence-corrected chi connectivity index (χ2v) is 6.91. The van der Waals surface area contributed by atoms with Crippen molar-refractivity contribution in [1.82, 2.24) is 10.3 Å². The molecule has 24 heavy (non-hydrogen) atoms. The predicted molar refractivity (Wildman–Crippen MR) is 94.5 cm³/mol. The summed E-state index contributed by atoms with van der Waals surface area (Å²) >= 11 is 1.47. The molecule has 1 aromatic carbocycles. The standard InChI is InChI=1S/C18H22N2O3S/c1-12(2)18-20-15(11-24-18)17(23)19-14(8-9-16(21)22)10-13-6-4-3-5-7-13/h3-7,11-12,14H,8-10H2,1-2H3,(H,19,23)(H,21,22). The van der Waals surface area contributed by atoms with Gasteiger partial charge in [-0.25, -0.2) is 4.98 Å². The molecule has 2 rings (SSSR count). The van der Waals surface area contributed by atoms with Crippen LogP contribution >= 0.6 is 11.3 Å². The molecular weight excluding hydrogens is 324 g/mol. The molecule has 1 aromatic heterocycles. The summed E-state index contributed by atoms with van der Waals surface area (Å²) in [6, 6.07) is 9.50. The molecule has 2 aromatic rings. The number of benzene rings is 1. The highest BCUT2D eigenvalue weighted by molar-refractivity contribution is 7.09. The van der Waals surface area contributed by atoms with Gasteiger partial charge in [-0.2, -0.15) is 0 Å². The Hall–Kier alpha value is -2.21. The van der Waals surface area contributed by atoms with Crippen LogP contribution in [-0.4, -0.2) is 28.0 Å². The number of aliphatic carboxylic acids is 1. The van der Waals surface area contributed by atoms with Crippen molar-refractivity contribution in [3.8, 4) is 0 Å². The van der Waals surface area contributed by atoms with Gasteiger partial charge in [-0.15, -0.1) is 11.3 Å². The van der Waals surface area contributed by atoms with Crippen LogP contribution in [0.5, 0.6) is 0 Å². The molecular formula is C18H22N2O3S. The van der Waals surface area contributed by atoms with Gasteiger partial charge in [0.1, 0.15) is 5.69 Å². The van der Waals surface area contributed by atoms with Gasteiger partial charge >= 0.3 is 5.97 Å². The van der Waals surface area contributed by atoms with E-state index in [0.29, 0.717) is 18.5 Å². The maximum Gasteiger partial charge on any atom is 0.303 e.